The van der Waals surface area contributed by atoms with Crippen molar-refractivity contribution in [2.24, 2.45) is 0 Å². The molecule has 0 fully saturated rings. The van der Waals surface area contributed by atoms with Gasteiger partial charge in [-0.2, -0.15) is 0 Å². The predicted octanol–water partition coefficient (Wildman–Crippen LogP) is 2.82. The van der Waals surface area contributed by atoms with E-state index in [0.717, 1.165) is 5.56 Å². The lowest BCUT2D eigenvalue weighted by molar-refractivity contribution is -0.116. The molecule has 2 rings (SSSR count). The molecule has 0 aliphatic rings. The van der Waals surface area contributed by atoms with E-state index >= 15 is 0 Å². The van der Waals surface area contributed by atoms with Crippen molar-refractivity contribution in [1.82, 2.24) is 5.32 Å². The number of hydrogen-bond donors (Lipinski definition) is 1. The number of hydrogen-bond acceptors (Lipinski definition) is 4. The summed E-state index contributed by atoms with van der Waals surface area (Å²) in [5.41, 5.74) is 1.21. The van der Waals surface area contributed by atoms with Crippen LogP contribution in [0.1, 0.15) is 15.9 Å². The van der Waals surface area contributed by atoms with Gasteiger partial charge < -0.3 is 14.8 Å². The van der Waals surface area contributed by atoms with Crippen molar-refractivity contribution in [3.63, 3.8) is 0 Å². The number of ether oxygens (including phenoxy) is 2. The van der Waals surface area contributed by atoms with E-state index in [1.807, 2.05) is 0 Å². The first kappa shape index (κ1) is 18.2. The standard InChI is InChI=1S/C19H18FNO4/c1-24-19(23)15-9-6-14(7-10-15)8-11-18(22)21-12-13-25-17-5-3-2-4-16(17)20/h2-11H,12-13H2,1H3,(H,21,22)/b11-8-. The van der Waals surface area contributed by atoms with E-state index in [1.54, 1.807) is 42.5 Å². The van der Waals surface area contributed by atoms with Crippen LogP contribution in [0.25, 0.3) is 6.08 Å². The number of carbonyl (C=O) groups excluding carboxylic acids is 2. The number of benzene rings is 2. The number of halogens is 1. The van der Waals surface area contributed by atoms with Crippen molar-refractivity contribution in [3.8, 4) is 5.75 Å². The number of para-hydroxylation sites is 1. The van der Waals surface area contributed by atoms with Gasteiger partial charge in [-0.25, -0.2) is 9.18 Å². The summed E-state index contributed by atoms with van der Waals surface area (Å²) >= 11 is 0. The summed E-state index contributed by atoms with van der Waals surface area (Å²) in [7, 11) is 1.32. The third-order valence-electron chi connectivity index (χ3n) is 3.25. The van der Waals surface area contributed by atoms with E-state index in [2.05, 4.69) is 10.1 Å². The molecular formula is C19H18FNO4. The summed E-state index contributed by atoms with van der Waals surface area (Å²) in [4.78, 5) is 23.0. The van der Waals surface area contributed by atoms with Crippen LogP contribution in [-0.2, 0) is 9.53 Å². The van der Waals surface area contributed by atoms with E-state index in [1.165, 1.54) is 25.3 Å². The molecule has 1 amide bonds. The molecule has 0 heterocycles. The smallest absolute Gasteiger partial charge is 0.337 e. The number of rotatable bonds is 7. The lowest BCUT2D eigenvalue weighted by Gasteiger charge is -2.07. The van der Waals surface area contributed by atoms with Gasteiger partial charge >= 0.3 is 5.97 Å². The minimum Gasteiger partial charge on any atom is -0.489 e. The monoisotopic (exact) mass is 343 g/mol. The minimum atomic E-state index is -0.441. The van der Waals surface area contributed by atoms with E-state index in [9.17, 15) is 14.0 Å². The Bertz CT molecular complexity index is 756. The first-order chi connectivity index (χ1) is 12.1. The van der Waals surface area contributed by atoms with Gasteiger partial charge in [0.25, 0.3) is 0 Å². The Hall–Kier alpha value is -3.15. The molecule has 0 radical (unpaired) electrons. The Labute approximate surface area is 145 Å². The molecule has 0 unspecified atom stereocenters. The fourth-order valence-corrected chi connectivity index (χ4v) is 1.98. The molecular weight excluding hydrogens is 325 g/mol. The molecule has 5 nitrogen and oxygen atoms in total. The second kappa shape index (κ2) is 9.22. The van der Waals surface area contributed by atoms with Crippen LogP contribution in [0.15, 0.2) is 54.6 Å². The minimum absolute atomic E-state index is 0.151. The van der Waals surface area contributed by atoms with Crippen LogP contribution < -0.4 is 10.1 Å². The molecule has 25 heavy (non-hydrogen) atoms. The average Bonchev–Trinajstić information content (AvgIpc) is 2.64. The van der Waals surface area contributed by atoms with Crippen LogP contribution in [0.2, 0.25) is 0 Å². The molecule has 6 heteroatoms. The number of methoxy groups -OCH3 is 1. The highest BCUT2D eigenvalue weighted by Crippen LogP contribution is 2.14. The third kappa shape index (κ3) is 5.76. The molecule has 0 aliphatic carbocycles. The molecule has 0 bridgehead atoms. The number of nitrogens with one attached hydrogen (secondary N) is 1. The first-order valence-corrected chi connectivity index (χ1v) is 7.62. The second-order valence-electron chi connectivity index (χ2n) is 5.02. The summed E-state index contributed by atoms with van der Waals surface area (Å²) in [6.07, 6.45) is 2.99. The van der Waals surface area contributed by atoms with Gasteiger partial charge in [0.1, 0.15) is 6.61 Å². The molecule has 0 aliphatic heterocycles. The molecule has 0 aromatic heterocycles. The molecule has 0 saturated heterocycles. The van der Waals surface area contributed by atoms with Crippen LogP contribution >= 0.6 is 0 Å². The van der Waals surface area contributed by atoms with Gasteiger partial charge in [-0.3, -0.25) is 4.79 Å². The normalized spacial score (nSPS) is 10.5. The van der Waals surface area contributed by atoms with Gasteiger partial charge in [-0.05, 0) is 35.9 Å². The van der Waals surface area contributed by atoms with Crippen LogP contribution in [0.5, 0.6) is 5.75 Å². The summed E-state index contributed by atoms with van der Waals surface area (Å²) in [5, 5.41) is 2.63. The lowest BCUT2D eigenvalue weighted by Crippen LogP contribution is -2.26. The first-order valence-electron chi connectivity index (χ1n) is 7.62. The van der Waals surface area contributed by atoms with Gasteiger partial charge in [-0.15, -0.1) is 0 Å². The zero-order valence-corrected chi connectivity index (χ0v) is 13.7. The second-order valence-corrected chi connectivity index (χ2v) is 5.02. The average molecular weight is 343 g/mol. The molecule has 0 saturated carbocycles. The maximum absolute atomic E-state index is 13.3. The Morgan fingerprint density at radius 2 is 1.84 bits per heavy atom. The molecule has 130 valence electrons. The highest BCUT2D eigenvalue weighted by molar-refractivity contribution is 5.92. The molecule has 0 spiro atoms. The lowest BCUT2D eigenvalue weighted by atomic mass is 10.1. The van der Waals surface area contributed by atoms with Gasteiger partial charge in [0, 0.05) is 6.08 Å². The van der Waals surface area contributed by atoms with Crippen molar-refractivity contribution < 1.29 is 23.5 Å². The number of carbonyl (C=O) groups is 2. The van der Waals surface area contributed by atoms with Crippen molar-refractivity contribution in [1.29, 1.82) is 0 Å². The van der Waals surface area contributed by atoms with Crippen LogP contribution in [0.3, 0.4) is 0 Å². The zero-order chi connectivity index (χ0) is 18.1. The van der Waals surface area contributed by atoms with Gasteiger partial charge in [0.05, 0.1) is 19.2 Å². The Morgan fingerprint density at radius 3 is 2.52 bits per heavy atom. The fraction of sp³-hybridized carbons (Fsp3) is 0.158. The van der Waals surface area contributed by atoms with E-state index < -0.39 is 11.8 Å². The van der Waals surface area contributed by atoms with Crippen molar-refractivity contribution in [2.75, 3.05) is 20.3 Å². The zero-order valence-electron chi connectivity index (χ0n) is 13.7. The fourth-order valence-electron chi connectivity index (χ4n) is 1.98. The summed E-state index contributed by atoms with van der Waals surface area (Å²) in [6.45, 7) is 0.410. The number of amides is 1. The third-order valence-corrected chi connectivity index (χ3v) is 3.25. The highest BCUT2D eigenvalue weighted by atomic mass is 19.1. The SMILES string of the molecule is COC(=O)c1ccc(/C=C\C(=O)NCCOc2ccccc2F)cc1. The topological polar surface area (TPSA) is 64.6 Å². The maximum atomic E-state index is 13.3. The molecule has 1 N–H and O–H groups in total. The Balaban J connectivity index is 1.75. The van der Waals surface area contributed by atoms with Crippen LogP contribution in [0, 0.1) is 5.82 Å². The van der Waals surface area contributed by atoms with Crippen molar-refractivity contribution >= 4 is 18.0 Å². The Morgan fingerprint density at radius 1 is 1.12 bits per heavy atom. The summed E-state index contributed by atoms with van der Waals surface area (Å²) < 4.78 is 23.2. The molecule has 2 aromatic rings. The summed E-state index contributed by atoms with van der Waals surface area (Å²) in [5.74, 6) is -1.00. The van der Waals surface area contributed by atoms with E-state index in [-0.39, 0.29) is 24.8 Å². The van der Waals surface area contributed by atoms with E-state index in [0.29, 0.717) is 5.56 Å². The number of esters is 1. The maximum Gasteiger partial charge on any atom is 0.337 e. The highest BCUT2D eigenvalue weighted by Gasteiger charge is 2.04. The largest absolute Gasteiger partial charge is 0.489 e. The van der Waals surface area contributed by atoms with Gasteiger partial charge in [-0.1, -0.05) is 24.3 Å². The van der Waals surface area contributed by atoms with E-state index in [4.69, 9.17) is 4.74 Å². The molecule has 2 aromatic carbocycles. The van der Waals surface area contributed by atoms with Crippen LogP contribution in [-0.4, -0.2) is 32.1 Å². The predicted molar refractivity (Wildman–Crippen MR) is 91.7 cm³/mol. The van der Waals surface area contributed by atoms with Gasteiger partial charge in [0.15, 0.2) is 11.6 Å². The Kier molecular flexibility index (Phi) is 6.71. The quantitative estimate of drug-likeness (QED) is 0.477. The summed E-state index contributed by atoms with van der Waals surface area (Å²) in [6, 6.07) is 12.7. The van der Waals surface area contributed by atoms with Crippen molar-refractivity contribution in [3.05, 3.63) is 71.6 Å². The van der Waals surface area contributed by atoms with Gasteiger partial charge in [0.2, 0.25) is 5.91 Å². The molecule has 0 atom stereocenters. The van der Waals surface area contributed by atoms with Crippen molar-refractivity contribution in [2.45, 2.75) is 0 Å². The van der Waals surface area contributed by atoms with Crippen LogP contribution in [0.4, 0.5) is 4.39 Å².